The number of thiazole rings is 1. The second kappa shape index (κ2) is 6.64. The number of hydrogen-bond acceptors (Lipinski definition) is 7. The van der Waals surface area contributed by atoms with Gasteiger partial charge in [-0.25, -0.2) is 9.98 Å². The van der Waals surface area contributed by atoms with Gasteiger partial charge in [0.15, 0.2) is 0 Å². The Morgan fingerprint density at radius 1 is 1.42 bits per heavy atom. The van der Waals surface area contributed by atoms with Crippen LogP contribution in [0.4, 0.5) is 5.82 Å². The van der Waals surface area contributed by atoms with Gasteiger partial charge in [0.05, 0.1) is 5.92 Å². The van der Waals surface area contributed by atoms with Crippen LogP contribution >= 0.6 is 11.3 Å². The molecule has 1 unspecified atom stereocenters. The number of nitrogens with one attached hydrogen (secondary N) is 2. The predicted octanol–water partition coefficient (Wildman–Crippen LogP) is 2.21. The Balaban J connectivity index is 1.47. The highest BCUT2D eigenvalue weighted by Crippen LogP contribution is 2.27. The molecule has 0 aliphatic carbocycles. The Bertz CT molecular complexity index is 689. The van der Waals surface area contributed by atoms with E-state index < -0.39 is 0 Å². The van der Waals surface area contributed by atoms with Crippen LogP contribution in [0.15, 0.2) is 27.7 Å². The second-order valence-corrected chi connectivity index (χ2v) is 7.89. The van der Waals surface area contributed by atoms with Crippen molar-refractivity contribution >= 4 is 28.7 Å². The van der Waals surface area contributed by atoms with Crippen LogP contribution in [-0.2, 0) is 0 Å². The minimum absolute atomic E-state index is 0.241. The zero-order valence-corrected chi connectivity index (χ0v) is 15.0. The third-order valence-corrected chi connectivity index (χ3v) is 5.54. The van der Waals surface area contributed by atoms with E-state index in [0.717, 1.165) is 48.4 Å². The first-order valence-electron chi connectivity index (χ1n) is 8.71. The molecule has 1 aromatic rings. The highest BCUT2D eigenvalue weighted by Gasteiger charge is 2.32. The number of aromatic nitrogens is 1. The van der Waals surface area contributed by atoms with Gasteiger partial charge in [-0.2, -0.15) is 5.10 Å². The van der Waals surface area contributed by atoms with Gasteiger partial charge in [-0.05, 0) is 18.8 Å². The SMILES string of the molecule is CC(C)C[C@H]1CN(c2csc(C3=NNC4=NC=CCC43)n2)CCN1. The summed E-state index contributed by atoms with van der Waals surface area (Å²) < 4.78 is 0. The zero-order chi connectivity index (χ0) is 16.5. The fraction of sp³-hybridized carbons (Fsp3) is 0.588. The molecule has 1 aromatic heterocycles. The van der Waals surface area contributed by atoms with Crippen LogP contribution in [0, 0.1) is 11.8 Å². The average Bonchev–Trinajstić information content (AvgIpc) is 3.21. The highest BCUT2D eigenvalue weighted by atomic mass is 32.1. The van der Waals surface area contributed by atoms with Crippen molar-refractivity contribution in [2.24, 2.45) is 21.9 Å². The van der Waals surface area contributed by atoms with Gasteiger partial charge >= 0.3 is 0 Å². The highest BCUT2D eigenvalue weighted by molar-refractivity contribution is 7.12. The zero-order valence-electron chi connectivity index (χ0n) is 14.2. The number of nitrogens with zero attached hydrogens (tertiary/aromatic N) is 4. The van der Waals surface area contributed by atoms with Crippen LogP contribution in [0.25, 0.3) is 0 Å². The first kappa shape index (κ1) is 15.8. The molecule has 4 heterocycles. The van der Waals surface area contributed by atoms with Crippen molar-refractivity contribution < 1.29 is 0 Å². The maximum atomic E-state index is 4.89. The lowest BCUT2D eigenvalue weighted by Crippen LogP contribution is -2.51. The molecule has 2 atom stereocenters. The molecule has 4 rings (SSSR count). The molecule has 0 spiro atoms. The van der Waals surface area contributed by atoms with E-state index in [1.165, 1.54) is 6.42 Å². The molecule has 0 saturated carbocycles. The van der Waals surface area contributed by atoms with Crippen molar-refractivity contribution in [1.29, 1.82) is 0 Å². The standard InChI is InChI=1S/C17H24N6S/c1-11(2)8-12-9-23(7-6-18-12)14-10-24-17(20-14)15-13-4-3-5-19-16(13)22-21-15/h3,5,10-13,18H,4,6-9H2,1-2H3,(H,19,22)/t12-,13?/m0/s1. The summed E-state index contributed by atoms with van der Waals surface area (Å²) in [6.45, 7) is 7.64. The van der Waals surface area contributed by atoms with E-state index in [1.807, 2.05) is 6.20 Å². The van der Waals surface area contributed by atoms with Crippen molar-refractivity contribution in [1.82, 2.24) is 15.7 Å². The van der Waals surface area contributed by atoms with Gasteiger partial charge in [0.2, 0.25) is 0 Å². The molecule has 3 aliphatic heterocycles. The molecule has 6 nitrogen and oxygen atoms in total. The number of aliphatic imine (C=N–C) groups is 1. The normalized spacial score (nSPS) is 26.2. The summed E-state index contributed by atoms with van der Waals surface area (Å²) >= 11 is 1.69. The summed E-state index contributed by atoms with van der Waals surface area (Å²) in [6.07, 6.45) is 6.10. The average molecular weight is 344 g/mol. The number of anilines is 1. The number of hydrogen-bond donors (Lipinski definition) is 2. The van der Waals surface area contributed by atoms with Crippen LogP contribution in [0.1, 0.15) is 31.7 Å². The quantitative estimate of drug-likeness (QED) is 0.879. The Morgan fingerprint density at radius 2 is 2.33 bits per heavy atom. The van der Waals surface area contributed by atoms with Crippen molar-refractivity contribution in [3.8, 4) is 0 Å². The molecular formula is C17H24N6S. The summed E-state index contributed by atoms with van der Waals surface area (Å²) in [6, 6.07) is 0.552. The Labute approximate surface area is 146 Å². The maximum absolute atomic E-state index is 4.89. The van der Waals surface area contributed by atoms with E-state index in [-0.39, 0.29) is 5.92 Å². The van der Waals surface area contributed by atoms with E-state index in [0.29, 0.717) is 12.0 Å². The maximum Gasteiger partial charge on any atom is 0.142 e. The van der Waals surface area contributed by atoms with Crippen LogP contribution in [-0.4, -0.2) is 42.2 Å². The van der Waals surface area contributed by atoms with Gasteiger partial charge in [-0.1, -0.05) is 19.9 Å². The summed E-state index contributed by atoms with van der Waals surface area (Å²) in [4.78, 5) is 11.7. The van der Waals surface area contributed by atoms with Gasteiger partial charge in [0.1, 0.15) is 22.4 Å². The van der Waals surface area contributed by atoms with Crippen LogP contribution in [0.3, 0.4) is 0 Å². The van der Waals surface area contributed by atoms with Gasteiger partial charge in [-0.15, -0.1) is 11.3 Å². The lowest BCUT2D eigenvalue weighted by molar-refractivity contribution is 0.387. The molecule has 1 saturated heterocycles. The molecule has 1 fully saturated rings. The number of amidine groups is 1. The van der Waals surface area contributed by atoms with E-state index in [9.17, 15) is 0 Å². The lowest BCUT2D eigenvalue weighted by Gasteiger charge is -2.34. The topological polar surface area (TPSA) is 64.9 Å². The molecule has 0 amide bonds. The van der Waals surface area contributed by atoms with Crippen LogP contribution < -0.4 is 15.6 Å². The molecule has 0 aromatic carbocycles. The van der Waals surface area contributed by atoms with Gasteiger partial charge < -0.3 is 10.2 Å². The molecular weight excluding hydrogens is 320 g/mol. The number of rotatable bonds is 4. The first-order chi connectivity index (χ1) is 11.7. The van der Waals surface area contributed by atoms with Gasteiger partial charge in [-0.3, -0.25) is 5.43 Å². The fourth-order valence-electron chi connectivity index (χ4n) is 3.56. The molecule has 0 bridgehead atoms. The molecule has 0 radical (unpaired) electrons. The Hall–Kier alpha value is -1.73. The first-order valence-corrected chi connectivity index (χ1v) is 9.59. The third-order valence-electron chi connectivity index (χ3n) is 4.69. The van der Waals surface area contributed by atoms with E-state index in [4.69, 9.17) is 4.98 Å². The van der Waals surface area contributed by atoms with Gasteiger partial charge in [0, 0.05) is 37.3 Å². The lowest BCUT2D eigenvalue weighted by atomic mass is 9.98. The van der Waals surface area contributed by atoms with E-state index in [1.54, 1.807) is 11.3 Å². The van der Waals surface area contributed by atoms with Crippen molar-refractivity contribution in [3.63, 3.8) is 0 Å². The van der Waals surface area contributed by atoms with Crippen LogP contribution in [0.2, 0.25) is 0 Å². The summed E-state index contributed by atoms with van der Waals surface area (Å²) in [7, 11) is 0. The summed E-state index contributed by atoms with van der Waals surface area (Å²) in [5.41, 5.74) is 4.09. The number of piperazine rings is 1. The third kappa shape index (κ3) is 3.10. The Morgan fingerprint density at radius 3 is 3.21 bits per heavy atom. The van der Waals surface area contributed by atoms with Crippen molar-refractivity contribution in [3.05, 3.63) is 22.7 Å². The molecule has 24 heavy (non-hydrogen) atoms. The molecule has 2 N–H and O–H groups in total. The number of hydrazone groups is 1. The summed E-state index contributed by atoms with van der Waals surface area (Å²) in [5, 5.41) is 11.3. The number of fused-ring (bicyclic) bond motifs is 1. The monoisotopic (exact) mass is 344 g/mol. The molecule has 128 valence electrons. The molecule has 3 aliphatic rings. The molecule has 7 heteroatoms. The smallest absolute Gasteiger partial charge is 0.142 e. The number of allylic oxidation sites excluding steroid dienone is 1. The van der Waals surface area contributed by atoms with Crippen molar-refractivity contribution in [2.45, 2.75) is 32.7 Å². The predicted molar refractivity (Wildman–Crippen MR) is 99.9 cm³/mol. The fourth-order valence-corrected chi connectivity index (χ4v) is 4.43. The van der Waals surface area contributed by atoms with Gasteiger partial charge in [0.25, 0.3) is 0 Å². The minimum Gasteiger partial charge on any atom is -0.353 e. The van der Waals surface area contributed by atoms with Crippen molar-refractivity contribution in [2.75, 3.05) is 24.5 Å². The van der Waals surface area contributed by atoms with Crippen LogP contribution in [0.5, 0.6) is 0 Å². The summed E-state index contributed by atoms with van der Waals surface area (Å²) in [5.74, 6) is 2.99. The second-order valence-electron chi connectivity index (χ2n) is 7.03. The van der Waals surface area contributed by atoms with E-state index >= 15 is 0 Å². The largest absolute Gasteiger partial charge is 0.353 e. The van der Waals surface area contributed by atoms with E-state index in [2.05, 4.69) is 51.0 Å². The Kier molecular flexibility index (Phi) is 4.37. The minimum atomic E-state index is 0.241.